The Hall–Kier alpha value is -0.690. The number of aromatic nitrogens is 3. The predicted octanol–water partition coefficient (Wildman–Crippen LogP) is 3.57. The second-order valence-electron chi connectivity index (χ2n) is 3.65. The van der Waals surface area contributed by atoms with Crippen LogP contribution in [0.1, 0.15) is 24.1 Å². The lowest BCUT2D eigenvalue weighted by molar-refractivity contribution is 0.393. The smallest absolute Gasteiger partial charge is 0.166 e. The molecule has 0 unspecified atom stereocenters. The van der Waals surface area contributed by atoms with Crippen molar-refractivity contribution in [2.75, 3.05) is 0 Å². The fourth-order valence-corrected chi connectivity index (χ4v) is 2.42. The van der Waals surface area contributed by atoms with Crippen LogP contribution in [0.3, 0.4) is 0 Å². The molecule has 0 saturated heterocycles. The van der Waals surface area contributed by atoms with E-state index in [2.05, 4.69) is 37.7 Å². The Bertz CT molecular complexity index is 549. The minimum Gasteiger partial charge on any atom is -0.361 e. The third-order valence-corrected chi connectivity index (χ3v) is 4.20. The zero-order valence-corrected chi connectivity index (χ0v) is 12.6. The van der Waals surface area contributed by atoms with E-state index >= 15 is 0 Å². The normalized spacial score (nSPS) is 10.9. The number of aryl methyl sites for hydroxylation is 3. The summed E-state index contributed by atoms with van der Waals surface area (Å²) < 4.78 is 6.02. The van der Waals surface area contributed by atoms with Gasteiger partial charge in [-0.3, -0.25) is 0 Å². The second-order valence-corrected chi connectivity index (χ2v) is 5.09. The van der Waals surface area contributed by atoms with Gasteiger partial charge < -0.3 is 4.52 Å². The number of hydrogen-bond acceptors (Lipinski definition) is 4. The highest BCUT2D eigenvalue weighted by molar-refractivity contribution is 14.1. The maximum Gasteiger partial charge on any atom is 0.166 e. The average Bonchev–Trinajstić information content (AvgIpc) is 2.62. The highest BCUT2D eigenvalue weighted by atomic mass is 127. The highest BCUT2D eigenvalue weighted by Gasteiger charge is 2.17. The molecule has 6 heteroatoms. The van der Waals surface area contributed by atoms with Gasteiger partial charge in [-0.25, -0.2) is 9.97 Å². The molecule has 0 aromatic carbocycles. The summed E-state index contributed by atoms with van der Waals surface area (Å²) >= 11 is 8.27. The van der Waals surface area contributed by atoms with Crippen LogP contribution in [0.5, 0.6) is 0 Å². The average molecular weight is 364 g/mol. The summed E-state index contributed by atoms with van der Waals surface area (Å²) in [6.07, 6.45) is 0.816. The molecule has 0 aliphatic heterocycles. The molecule has 2 aromatic rings. The molecule has 0 spiro atoms. The van der Waals surface area contributed by atoms with Gasteiger partial charge in [0.2, 0.25) is 0 Å². The van der Waals surface area contributed by atoms with Gasteiger partial charge in [-0.2, -0.15) is 0 Å². The van der Waals surface area contributed by atoms with Crippen LogP contribution in [-0.2, 0) is 6.42 Å². The molecule has 0 saturated carbocycles. The number of hydrogen-bond donors (Lipinski definition) is 0. The van der Waals surface area contributed by atoms with E-state index in [1.54, 1.807) is 0 Å². The molecule has 0 aliphatic carbocycles. The standard InChI is InChI=1S/C11H11ClIN3O/c1-4-7-9(13)10(12)15-11(14-7)8-5(2)16-17-6(8)3/h4H2,1-3H3. The van der Waals surface area contributed by atoms with Crippen LogP contribution in [0.25, 0.3) is 11.4 Å². The van der Waals surface area contributed by atoms with Gasteiger partial charge in [0, 0.05) is 0 Å². The van der Waals surface area contributed by atoms with E-state index in [-0.39, 0.29) is 0 Å². The van der Waals surface area contributed by atoms with Crippen molar-refractivity contribution < 1.29 is 4.52 Å². The van der Waals surface area contributed by atoms with Crippen molar-refractivity contribution >= 4 is 34.2 Å². The fraction of sp³-hybridized carbons (Fsp3) is 0.364. The minimum absolute atomic E-state index is 0.479. The van der Waals surface area contributed by atoms with Crippen molar-refractivity contribution in [1.29, 1.82) is 0 Å². The third-order valence-electron chi connectivity index (χ3n) is 2.47. The van der Waals surface area contributed by atoms with E-state index in [0.717, 1.165) is 26.9 Å². The Morgan fingerprint density at radius 3 is 2.53 bits per heavy atom. The largest absolute Gasteiger partial charge is 0.361 e. The summed E-state index contributed by atoms with van der Waals surface area (Å²) in [5, 5.41) is 4.38. The van der Waals surface area contributed by atoms with Crippen molar-refractivity contribution in [3.8, 4) is 11.4 Å². The summed E-state index contributed by atoms with van der Waals surface area (Å²) in [6, 6.07) is 0. The summed E-state index contributed by atoms with van der Waals surface area (Å²) in [6.45, 7) is 5.75. The maximum absolute atomic E-state index is 6.11. The molecule has 0 N–H and O–H groups in total. The van der Waals surface area contributed by atoms with Gasteiger partial charge in [0.1, 0.15) is 10.9 Å². The van der Waals surface area contributed by atoms with E-state index in [9.17, 15) is 0 Å². The van der Waals surface area contributed by atoms with Crippen LogP contribution in [0.15, 0.2) is 4.52 Å². The topological polar surface area (TPSA) is 51.8 Å². The zero-order chi connectivity index (χ0) is 12.6. The third kappa shape index (κ3) is 2.30. The molecule has 0 atom stereocenters. The van der Waals surface area contributed by atoms with Crippen LogP contribution in [0.2, 0.25) is 5.15 Å². The van der Waals surface area contributed by atoms with Crippen LogP contribution in [0.4, 0.5) is 0 Å². The lowest BCUT2D eigenvalue weighted by Crippen LogP contribution is -2.00. The van der Waals surface area contributed by atoms with Gasteiger partial charge in [-0.05, 0) is 42.9 Å². The van der Waals surface area contributed by atoms with Gasteiger partial charge in [0.05, 0.1) is 20.5 Å². The molecule has 17 heavy (non-hydrogen) atoms. The van der Waals surface area contributed by atoms with E-state index in [0.29, 0.717) is 16.7 Å². The SMILES string of the molecule is CCc1nc(-c2c(C)noc2C)nc(Cl)c1I. The molecule has 0 fully saturated rings. The van der Waals surface area contributed by atoms with Crippen molar-refractivity contribution in [3.05, 3.63) is 25.9 Å². The second kappa shape index (κ2) is 4.89. The summed E-state index contributed by atoms with van der Waals surface area (Å²) in [5.41, 5.74) is 2.56. The lowest BCUT2D eigenvalue weighted by Gasteiger charge is -2.06. The molecule has 2 aromatic heterocycles. The van der Waals surface area contributed by atoms with Crippen molar-refractivity contribution in [1.82, 2.24) is 15.1 Å². The van der Waals surface area contributed by atoms with E-state index in [1.807, 2.05) is 20.8 Å². The summed E-state index contributed by atoms with van der Waals surface area (Å²) in [7, 11) is 0. The summed E-state index contributed by atoms with van der Waals surface area (Å²) in [4.78, 5) is 8.80. The number of halogens is 2. The van der Waals surface area contributed by atoms with Crippen LogP contribution in [-0.4, -0.2) is 15.1 Å². The van der Waals surface area contributed by atoms with Crippen molar-refractivity contribution in [2.45, 2.75) is 27.2 Å². The van der Waals surface area contributed by atoms with Gasteiger partial charge in [-0.1, -0.05) is 23.7 Å². The first-order valence-electron chi connectivity index (χ1n) is 5.19. The van der Waals surface area contributed by atoms with E-state index in [1.165, 1.54) is 0 Å². The molecule has 4 nitrogen and oxygen atoms in total. The first-order chi connectivity index (χ1) is 8.04. The van der Waals surface area contributed by atoms with E-state index < -0.39 is 0 Å². The molecule has 0 amide bonds. The number of nitrogens with zero attached hydrogens (tertiary/aromatic N) is 3. The highest BCUT2D eigenvalue weighted by Crippen LogP contribution is 2.28. The van der Waals surface area contributed by atoms with Gasteiger partial charge in [0.25, 0.3) is 0 Å². The van der Waals surface area contributed by atoms with Crippen molar-refractivity contribution in [2.24, 2.45) is 0 Å². The first kappa shape index (κ1) is 12.8. The van der Waals surface area contributed by atoms with Gasteiger partial charge in [0.15, 0.2) is 5.82 Å². The monoisotopic (exact) mass is 363 g/mol. The van der Waals surface area contributed by atoms with E-state index in [4.69, 9.17) is 16.1 Å². The van der Waals surface area contributed by atoms with Crippen LogP contribution in [0, 0.1) is 17.4 Å². The van der Waals surface area contributed by atoms with Gasteiger partial charge in [-0.15, -0.1) is 0 Å². The molecule has 2 rings (SSSR count). The summed E-state index contributed by atoms with van der Waals surface area (Å²) in [5.74, 6) is 1.30. The van der Waals surface area contributed by atoms with Crippen LogP contribution < -0.4 is 0 Å². The Morgan fingerprint density at radius 2 is 2.00 bits per heavy atom. The first-order valence-corrected chi connectivity index (χ1v) is 6.65. The van der Waals surface area contributed by atoms with Crippen molar-refractivity contribution in [3.63, 3.8) is 0 Å². The van der Waals surface area contributed by atoms with Crippen LogP contribution >= 0.6 is 34.2 Å². The van der Waals surface area contributed by atoms with Gasteiger partial charge >= 0.3 is 0 Å². The predicted molar refractivity (Wildman–Crippen MR) is 74.1 cm³/mol. The number of rotatable bonds is 2. The fourth-order valence-electron chi connectivity index (χ4n) is 1.61. The molecule has 2 heterocycles. The Morgan fingerprint density at radius 1 is 1.29 bits per heavy atom. The molecular weight excluding hydrogens is 352 g/mol. The molecule has 0 radical (unpaired) electrons. The Kier molecular flexibility index (Phi) is 3.67. The molecule has 0 aliphatic rings. The zero-order valence-electron chi connectivity index (χ0n) is 9.71. The minimum atomic E-state index is 0.479. The maximum atomic E-state index is 6.11. The molecular formula is C11H11ClIN3O. The quantitative estimate of drug-likeness (QED) is 0.604. The molecule has 0 bridgehead atoms. The Balaban J connectivity index is 2.65. The lowest BCUT2D eigenvalue weighted by atomic mass is 10.2. The molecule has 90 valence electrons. The Labute approximate surface area is 118 Å².